The fourth-order valence-corrected chi connectivity index (χ4v) is 5.34. The van der Waals surface area contributed by atoms with Gasteiger partial charge in [-0.25, -0.2) is 8.42 Å². The van der Waals surface area contributed by atoms with Gasteiger partial charge in [0.25, 0.3) is 0 Å². The molecule has 3 aromatic rings. The van der Waals surface area contributed by atoms with Crippen LogP contribution >= 0.6 is 0 Å². The van der Waals surface area contributed by atoms with Crippen LogP contribution in [0.4, 0.5) is 5.69 Å². The van der Waals surface area contributed by atoms with Gasteiger partial charge in [-0.3, -0.25) is 4.90 Å². The fourth-order valence-electron chi connectivity index (χ4n) is 4.71. The number of rotatable bonds is 10. The molecule has 0 amide bonds. The molecule has 6 heteroatoms. The van der Waals surface area contributed by atoms with Crippen LogP contribution in [0.2, 0.25) is 0 Å². The van der Waals surface area contributed by atoms with Crippen LogP contribution in [0.5, 0.6) is 5.75 Å². The van der Waals surface area contributed by atoms with Crippen LogP contribution in [0.25, 0.3) is 0 Å². The van der Waals surface area contributed by atoms with Crippen molar-refractivity contribution in [3.8, 4) is 5.75 Å². The average molecular weight is 519 g/mol. The molecule has 196 valence electrons. The van der Waals surface area contributed by atoms with Crippen molar-refractivity contribution in [2.75, 3.05) is 30.8 Å². The minimum absolute atomic E-state index is 0.376. The topological polar surface area (TPSA) is 49.9 Å². The molecule has 0 bridgehead atoms. The highest BCUT2D eigenvalue weighted by Crippen LogP contribution is 2.27. The molecule has 1 aliphatic heterocycles. The summed E-state index contributed by atoms with van der Waals surface area (Å²) < 4.78 is 29.5. The SMILES string of the molecule is CC(C)=CCN(c1ccc(OCc2ccccc2)cc1)C1CCN(Cc2ccc(S(C)(=O)=O)cc2)CC1. The Morgan fingerprint density at radius 2 is 1.57 bits per heavy atom. The molecule has 1 heterocycles. The summed E-state index contributed by atoms with van der Waals surface area (Å²) in [6.45, 7) is 8.64. The summed E-state index contributed by atoms with van der Waals surface area (Å²) >= 11 is 0. The molecule has 0 unspecified atom stereocenters. The van der Waals surface area contributed by atoms with E-state index in [1.807, 2.05) is 30.3 Å². The highest BCUT2D eigenvalue weighted by Gasteiger charge is 2.24. The van der Waals surface area contributed by atoms with E-state index in [0.717, 1.165) is 55.9 Å². The van der Waals surface area contributed by atoms with Crippen LogP contribution in [0.15, 0.2) is 95.4 Å². The van der Waals surface area contributed by atoms with Crippen molar-refractivity contribution < 1.29 is 13.2 Å². The largest absolute Gasteiger partial charge is 0.489 e. The number of allylic oxidation sites excluding steroid dienone is 1. The third-order valence-electron chi connectivity index (χ3n) is 6.87. The average Bonchev–Trinajstić information content (AvgIpc) is 2.89. The lowest BCUT2D eigenvalue weighted by molar-refractivity contribution is 0.202. The molecule has 0 spiro atoms. The molecule has 1 fully saturated rings. The van der Waals surface area contributed by atoms with Gasteiger partial charge in [-0.15, -0.1) is 0 Å². The summed E-state index contributed by atoms with van der Waals surface area (Å²) in [5.41, 5.74) is 4.86. The van der Waals surface area contributed by atoms with Gasteiger partial charge >= 0.3 is 0 Å². The first-order valence-electron chi connectivity index (χ1n) is 13.0. The predicted molar refractivity (Wildman–Crippen MR) is 152 cm³/mol. The second-order valence-corrected chi connectivity index (χ2v) is 12.1. The van der Waals surface area contributed by atoms with Gasteiger partial charge in [0.2, 0.25) is 0 Å². The van der Waals surface area contributed by atoms with Crippen molar-refractivity contribution in [3.05, 3.63) is 102 Å². The first kappa shape index (κ1) is 27.0. The number of nitrogens with zero attached hydrogens (tertiary/aromatic N) is 2. The van der Waals surface area contributed by atoms with Gasteiger partial charge in [-0.05, 0) is 74.2 Å². The van der Waals surface area contributed by atoms with Gasteiger partial charge in [0, 0.05) is 44.2 Å². The maximum Gasteiger partial charge on any atom is 0.175 e. The Bertz CT molecular complexity index is 1260. The Balaban J connectivity index is 1.36. The Kier molecular flexibility index (Phi) is 9.06. The van der Waals surface area contributed by atoms with Crippen molar-refractivity contribution in [2.24, 2.45) is 0 Å². The lowest BCUT2D eigenvalue weighted by Crippen LogP contribution is -2.45. The number of hydrogen-bond acceptors (Lipinski definition) is 5. The molecular formula is C31H38N2O3S. The van der Waals surface area contributed by atoms with Crippen molar-refractivity contribution in [2.45, 2.75) is 50.8 Å². The number of piperidine rings is 1. The van der Waals surface area contributed by atoms with Crippen LogP contribution in [-0.2, 0) is 23.0 Å². The number of ether oxygens (including phenoxy) is 1. The van der Waals surface area contributed by atoms with E-state index in [0.29, 0.717) is 17.5 Å². The van der Waals surface area contributed by atoms with Gasteiger partial charge in [0.15, 0.2) is 9.84 Å². The van der Waals surface area contributed by atoms with E-state index in [4.69, 9.17) is 4.74 Å². The Hall–Kier alpha value is -3.09. The van der Waals surface area contributed by atoms with Crippen molar-refractivity contribution in [3.63, 3.8) is 0 Å². The smallest absolute Gasteiger partial charge is 0.175 e. The second kappa shape index (κ2) is 12.4. The zero-order chi connectivity index (χ0) is 26.3. The lowest BCUT2D eigenvalue weighted by Gasteiger charge is -2.39. The molecule has 0 atom stereocenters. The first-order valence-corrected chi connectivity index (χ1v) is 14.9. The first-order chi connectivity index (χ1) is 17.8. The van der Waals surface area contributed by atoms with Gasteiger partial charge in [-0.1, -0.05) is 54.1 Å². The molecule has 0 aliphatic carbocycles. The van der Waals surface area contributed by atoms with Crippen LogP contribution in [0, 0.1) is 0 Å². The van der Waals surface area contributed by atoms with Crippen molar-refractivity contribution >= 4 is 15.5 Å². The monoisotopic (exact) mass is 518 g/mol. The molecule has 5 nitrogen and oxygen atoms in total. The minimum Gasteiger partial charge on any atom is -0.489 e. The van der Waals surface area contributed by atoms with Gasteiger partial charge in [-0.2, -0.15) is 0 Å². The van der Waals surface area contributed by atoms with Gasteiger partial charge in [0.05, 0.1) is 4.90 Å². The molecule has 4 rings (SSSR count). The summed E-state index contributed by atoms with van der Waals surface area (Å²) in [7, 11) is -3.16. The van der Waals surface area contributed by atoms with Crippen LogP contribution in [0.3, 0.4) is 0 Å². The molecule has 0 radical (unpaired) electrons. The summed E-state index contributed by atoms with van der Waals surface area (Å²) in [6.07, 6.45) is 5.73. The quantitative estimate of drug-likeness (QED) is 0.303. The van der Waals surface area contributed by atoms with Crippen molar-refractivity contribution in [1.29, 1.82) is 0 Å². The lowest BCUT2D eigenvalue weighted by atomic mass is 10.0. The number of hydrogen-bond donors (Lipinski definition) is 0. The summed E-state index contributed by atoms with van der Waals surface area (Å²) in [5, 5.41) is 0. The summed E-state index contributed by atoms with van der Waals surface area (Å²) in [6, 6.07) is 26.5. The Morgan fingerprint density at radius 1 is 0.919 bits per heavy atom. The van der Waals surface area contributed by atoms with Gasteiger partial charge < -0.3 is 9.64 Å². The minimum atomic E-state index is -3.16. The van der Waals surface area contributed by atoms with Crippen LogP contribution in [-0.4, -0.2) is 45.2 Å². The zero-order valence-corrected chi connectivity index (χ0v) is 23.0. The number of anilines is 1. The number of benzene rings is 3. The summed E-state index contributed by atoms with van der Waals surface area (Å²) in [4.78, 5) is 5.36. The summed E-state index contributed by atoms with van der Waals surface area (Å²) in [5.74, 6) is 0.881. The van der Waals surface area contributed by atoms with E-state index in [1.54, 1.807) is 12.1 Å². The van der Waals surface area contributed by atoms with Gasteiger partial charge in [0.1, 0.15) is 12.4 Å². The third-order valence-corrected chi connectivity index (χ3v) is 8.00. The second-order valence-electron chi connectivity index (χ2n) is 10.1. The Labute approximate surface area is 222 Å². The Morgan fingerprint density at radius 3 is 2.16 bits per heavy atom. The molecule has 1 aliphatic rings. The van der Waals surface area contributed by atoms with E-state index in [9.17, 15) is 8.42 Å². The number of sulfone groups is 1. The predicted octanol–water partition coefficient (Wildman–Crippen LogP) is 6.11. The van der Waals surface area contributed by atoms with E-state index in [-0.39, 0.29) is 0 Å². The molecule has 0 saturated carbocycles. The van der Waals surface area contributed by atoms with Crippen LogP contribution in [0.1, 0.15) is 37.8 Å². The normalized spacial score (nSPS) is 14.8. The molecule has 37 heavy (non-hydrogen) atoms. The molecule has 3 aromatic carbocycles. The molecular weight excluding hydrogens is 480 g/mol. The van der Waals surface area contributed by atoms with E-state index in [1.165, 1.54) is 17.5 Å². The molecule has 0 N–H and O–H groups in total. The van der Waals surface area contributed by atoms with E-state index < -0.39 is 9.84 Å². The molecule has 0 aromatic heterocycles. The standard InChI is InChI=1S/C31H38N2O3S/c1-25(2)17-22-33(28-11-13-30(14-12-28)36-24-27-7-5-4-6-8-27)29-18-20-32(21-19-29)23-26-9-15-31(16-10-26)37(3,34)35/h4-17,29H,18-24H2,1-3H3. The van der Waals surface area contributed by atoms with Crippen molar-refractivity contribution in [1.82, 2.24) is 4.90 Å². The molecule has 1 saturated heterocycles. The van der Waals surface area contributed by atoms with E-state index in [2.05, 4.69) is 66.1 Å². The highest BCUT2D eigenvalue weighted by atomic mass is 32.2. The maximum absolute atomic E-state index is 11.7. The highest BCUT2D eigenvalue weighted by molar-refractivity contribution is 7.90. The maximum atomic E-state index is 11.7. The van der Waals surface area contributed by atoms with E-state index >= 15 is 0 Å². The number of likely N-dealkylation sites (tertiary alicyclic amines) is 1. The van der Waals surface area contributed by atoms with Crippen LogP contribution < -0.4 is 9.64 Å². The zero-order valence-electron chi connectivity index (χ0n) is 22.1. The fraction of sp³-hybridized carbons (Fsp3) is 0.355. The third kappa shape index (κ3) is 7.94.